The number of carbonyl (C=O) groups excluding carboxylic acids is 2. The lowest BCUT2D eigenvalue weighted by molar-refractivity contribution is -0.119. The molecular formula is C24H18F2N4O4S. The molecule has 0 bridgehead atoms. The largest absolute Gasteiger partial charge is 0.435 e. The van der Waals surface area contributed by atoms with E-state index in [4.69, 9.17) is 0 Å². The van der Waals surface area contributed by atoms with E-state index in [1.54, 1.807) is 54.6 Å². The van der Waals surface area contributed by atoms with Crippen LogP contribution in [0.1, 0.15) is 10.4 Å². The zero-order valence-corrected chi connectivity index (χ0v) is 18.8. The molecule has 0 saturated carbocycles. The monoisotopic (exact) mass is 496 g/mol. The van der Waals surface area contributed by atoms with E-state index in [-0.39, 0.29) is 16.7 Å². The van der Waals surface area contributed by atoms with E-state index in [2.05, 4.69) is 20.6 Å². The van der Waals surface area contributed by atoms with Crippen LogP contribution in [0.4, 0.5) is 8.78 Å². The summed E-state index contributed by atoms with van der Waals surface area (Å²) in [6, 6.07) is 20.6. The van der Waals surface area contributed by atoms with Crippen molar-refractivity contribution in [2.75, 3.05) is 5.75 Å². The lowest BCUT2D eigenvalue weighted by Crippen LogP contribution is -2.42. The van der Waals surface area contributed by atoms with Crippen molar-refractivity contribution in [2.24, 2.45) is 0 Å². The Kier molecular flexibility index (Phi) is 7.36. The number of benzene rings is 3. The molecule has 0 aliphatic heterocycles. The topological polar surface area (TPSA) is 102 Å². The third kappa shape index (κ3) is 5.82. The van der Waals surface area contributed by atoms with Crippen LogP contribution in [0.15, 0.2) is 88.8 Å². The number of nitrogens with one attached hydrogen (secondary N) is 2. The van der Waals surface area contributed by atoms with Crippen molar-refractivity contribution in [2.45, 2.75) is 11.8 Å². The summed E-state index contributed by atoms with van der Waals surface area (Å²) in [7, 11) is 0. The number of ether oxygens (including phenoxy) is 1. The maximum absolute atomic E-state index is 13.2. The summed E-state index contributed by atoms with van der Waals surface area (Å²) < 4.78 is 30.6. The van der Waals surface area contributed by atoms with Gasteiger partial charge in [0.05, 0.1) is 22.3 Å². The molecule has 0 radical (unpaired) electrons. The van der Waals surface area contributed by atoms with Gasteiger partial charge in [0.1, 0.15) is 5.75 Å². The number of alkyl halides is 2. The summed E-state index contributed by atoms with van der Waals surface area (Å²) in [5, 5.41) is 0.560. The van der Waals surface area contributed by atoms with Crippen LogP contribution < -0.4 is 21.1 Å². The highest BCUT2D eigenvalue weighted by molar-refractivity contribution is 7.99. The van der Waals surface area contributed by atoms with Crippen molar-refractivity contribution in [3.05, 3.63) is 94.8 Å². The Labute approximate surface area is 201 Å². The fourth-order valence-electron chi connectivity index (χ4n) is 3.17. The molecule has 178 valence electrons. The molecule has 2 N–H and O–H groups in total. The van der Waals surface area contributed by atoms with E-state index in [1.165, 1.54) is 28.8 Å². The third-order valence-corrected chi connectivity index (χ3v) is 5.69. The minimum Gasteiger partial charge on any atom is -0.435 e. The van der Waals surface area contributed by atoms with Gasteiger partial charge >= 0.3 is 6.61 Å². The van der Waals surface area contributed by atoms with Gasteiger partial charge in [0.25, 0.3) is 11.5 Å². The molecule has 0 fully saturated rings. The average molecular weight is 496 g/mol. The molecule has 1 aromatic heterocycles. The second kappa shape index (κ2) is 10.8. The van der Waals surface area contributed by atoms with E-state index in [0.717, 1.165) is 11.8 Å². The van der Waals surface area contributed by atoms with E-state index >= 15 is 0 Å². The van der Waals surface area contributed by atoms with Gasteiger partial charge < -0.3 is 4.74 Å². The second-order valence-electron chi connectivity index (χ2n) is 7.08. The average Bonchev–Trinajstić information content (AvgIpc) is 2.87. The minimum absolute atomic E-state index is 0.0618. The Morgan fingerprint density at radius 3 is 2.34 bits per heavy atom. The number of carbonyl (C=O) groups is 2. The fraction of sp³-hybridized carbons (Fsp3) is 0.0833. The van der Waals surface area contributed by atoms with Gasteiger partial charge in [-0.2, -0.15) is 8.78 Å². The maximum Gasteiger partial charge on any atom is 0.387 e. The smallest absolute Gasteiger partial charge is 0.387 e. The van der Waals surface area contributed by atoms with E-state index in [1.807, 2.05) is 0 Å². The highest BCUT2D eigenvalue weighted by atomic mass is 32.2. The molecule has 0 aliphatic rings. The lowest BCUT2D eigenvalue weighted by atomic mass is 10.2. The number of para-hydroxylation sites is 1. The molecule has 8 nitrogen and oxygen atoms in total. The number of nitrogens with zero attached hydrogens (tertiary/aromatic N) is 2. The summed E-state index contributed by atoms with van der Waals surface area (Å²) in [5.74, 6) is -1.22. The zero-order chi connectivity index (χ0) is 24.8. The number of rotatable bonds is 7. The molecular weight excluding hydrogens is 478 g/mol. The number of hydrogen-bond donors (Lipinski definition) is 2. The van der Waals surface area contributed by atoms with Crippen LogP contribution >= 0.6 is 11.8 Å². The predicted octanol–water partition coefficient (Wildman–Crippen LogP) is 3.54. The lowest BCUT2D eigenvalue weighted by Gasteiger charge is -2.14. The molecule has 35 heavy (non-hydrogen) atoms. The number of amides is 2. The molecule has 0 saturated heterocycles. The summed E-state index contributed by atoms with van der Waals surface area (Å²) in [4.78, 5) is 42.2. The van der Waals surface area contributed by atoms with E-state index < -0.39 is 24.0 Å². The molecule has 4 rings (SSSR count). The van der Waals surface area contributed by atoms with Gasteiger partial charge in [-0.25, -0.2) is 4.98 Å². The first-order chi connectivity index (χ1) is 16.9. The van der Waals surface area contributed by atoms with Gasteiger partial charge in [-0.3, -0.25) is 29.8 Å². The zero-order valence-electron chi connectivity index (χ0n) is 18.0. The molecule has 2 amide bonds. The first-order valence-electron chi connectivity index (χ1n) is 10.3. The van der Waals surface area contributed by atoms with Crippen molar-refractivity contribution in [3.63, 3.8) is 0 Å². The highest BCUT2D eigenvalue weighted by Gasteiger charge is 2.16. The third-order valence-electron chi connectivity index (χ3n) is 4.75. The Morgan fingerprint density at radius 1 is 0.943 bits per heavy atom. The molecule has 0 atom stereocenters. The van der Waals surface area contributed by atoms with E-state index in [0.29, 0.717) is 22.2 Å². The van der Waals surface area contributed by atoms with Crippen LogP contribution in [0.25, 0.3) is 16.6 Å². The predicted molar refractivity (Wildman–Crippen MR) is 127 cm³/mol. The standard InChI is InChI=1S/C24H18F2N4O4S/c25-23(26)34-17-12-10-16(11-13-17)30-22(33)18-8-4-5-9-19(18)27-24(30)35-14-20(31)28-29-21(32)15-6-2-1-3-7-15/h1-13,23H,14H2,(H,28,31)(H,29,32). The summed E-state index contributed by atoms with van der Waals surface area (Å²) in [5.41, 5.74) is 5.44. The number of thioether (sulfide) groups is 1. The maximum atomic E-state index is 13.2. The van der Waals surface area contributed by atoms with Crippen LogP contribution in [0.5, 0.6) is 5.75 Å². The van der Waals surface area contributed by atoms with Gasteiger partial charge in [-0.05, 0) is 48.5 Å². The Hall–Kier alpha value is -4.25. The number of hydrazine groups is 1. The fourth-order valence-corrected chi connectivity index (χ4v) is 3.98. The second-order valence-corrected chi connectivity index (χ2v) is 8.02. The molecule has 0 unspecified atom stereocenters. The number of hydrogen-bond acceptors (Lipinski definition) is 6. The van der Waals surface area contributed by atoms with Crippen LogP contribution in [-0.4, -0.2) is 33.7 Å². The van der Waals surface area contributed by atoms with Crippen molar-refractivity contribution >= 4 is 34.5 Å². The van der Waals surface area contributed by atoms with Crippen molar-refractivity contribution in [1.82, 2.24) is 20.4 Å². The van der Waals surface area contributed by atoms with Crippen LogP contribution in [0.3, 0.4) is 0 Å². The van der Waals surface area contributed by atoms with Crippen LogP contribution in [0, 0.1) is 0 Å². The Bertz CT molecular complexity index is 1410. The first kappa shape index (κ1) is 23.9. The van der Waals surface area contributed by atoms with Gasteiger partial charge in [0, 0.05) is 5.56 Å². The van der Waals surface area contributed by atoms with Gasteiger partial charge in [-0.15, -0.1) is 0 Å². The van der Waals surface area contributed by atoms with Crippen LogP contribution in [0.2, 0.25) is 0 Å². The molecule has 0 aliphatic carbocycles. The summed E-state index contributed by atoms with van der Waals surface area (Å²) in [6.45, 7) is -2.97. The summed E-state index contributed by atoms with van der Waals surface area (Å²) in [6.07, 6.45) is 0. The van der Waals surface area contributed by atoms with E-state index in [9.17, 15) is 23.2 Å². The molecule has 1 heterocycles. The van der Waals surface area contributed by atoms with Crippen molar-refractivity contribution in [3.8, 4) is 11.4 Å². The SMILES string of the molecule is O=C(CSc1nc2ccccc2c(=O)n1-c1ccc(OC(F)F)cc1)NNC(=O)c1ccccc1. The quantitative estimate of drug-likeness (QED) is 0.231. The Balaban J connectivity index is 1.55. The van der Waals surface area contributed by atoms with Gasteiger partial charge in [0.2, 0.25) is 5.91 Å². The molecule has 4 aromatic rings. The number of fused-ring (bicyclic) bond motifs is 1. The molecule has 11 heteroatoms. The molecule has 0 spiro atoms. The van der Waals surface area contributed by atoms with Crippen LogP contribution in [-0.2, 0) is 4.79 Å². The summed E-state index contributed by atoms with van der Waals surface area (Å²) >= 11 is 0.979. The van der Waals surface area contributed by atoms with Gasteiger partial charge in [-0.1, -0.05) is 42.1 Å². The van der Waals surface area contributed by atoms with Crippen molar-refractivity contribution in [1.29, 1.82) is 0 Å². The number of halogens is 2. The van der Waals surface area contributed by atoms with Gasteiger partial charge in [0.15, 0.2) is 5.16 Å². The van der Waals surface area contributed by atoms with Crippen molar-refractivity contribution < 1.29 is 23.1 Å². The number of aromatic nitrogens is 2. The minimum atomic E-state index is -2.97. The normalized spacial score (nSPS) is 10.8. The molecule has 3 aromatic carbocycles. The highest BCUT2D eigenvalue weighted by Crippen LogP contribution is 2.23. The first-order valence-corrected chi connectivity index (χ1v) is 11.2. The Morgan fingerprint density at radius 2 is 1.63 bits per heavy atom.